The lowest BCUT2D eigenvalue weighted by atomic mass is 9.93. The van der Waals surface area contributed by atoms with Crippen LogP contribution in [-0.4, -0.2) is 34.4 Å². The summed E-state index contributed by atoms with van der Waals surface area (Å²) in [5, 5.41) is 8.96. The Hall–Kier alpha value is -3.94. The van der Waals surface area contributed by atoms with Crippen LogP contribution in [0.3, 0.4) is 0 Å². The summed E-state index contributed by atoms with van der Waals surface area (Å²) in [7, 11) is 0. The zero-order chi connectivity index (χ0) is 23.0. The van der Waals surface area contributed by atoms with Gasteiger partial charge in [0.25, 0.3) is 11.8 Å². The molecule has 1 aromatic heterocycles. The maximum absolute atomic E-state index is 12.8. The molecule has 2 unspecified atom stereocenters. The first-order valence-corrected chi connectivity index (χ1v) is 11.0. The highest BCUT2D eigenvalue weighted by Gasteiger charge is 2.55. The predicted octanol–water partition coefficient (Wildman–Crippen LogP) is 2.98. The van der Waals surface area contributed by atoms with Gasteiger partial charge < -0.3 is 15.4 Å². The van der Waals surface area contributed by atoms with Crippen molar-refractivity contribution in [1.82, 2.24) is 20.9 Å². The molecule has 1 aliphatic heterocycles. The van der Waals surface area contributed by atoms with Crippen molar-refractivity contribution < 1.29 is 19.1 Å². The monoisotopic (exact) mass is 444 g/mol. The molecule has 2 fully saturated rings. The van der Waals surface area contributed by atoms with E-state index in [0.717, 1.165) is 28.6 Å². The van der Waals surface area contributed by atoms with Gasteiger partial charge in [0.1, 0.15) is 17.9 Å². The quantitative estimate of drug-likeness (QED) is 0.524. The molecule has 33 heavy (non-hydrogen) atoms. The summed E-state index contributed by atoms with van der Waals surface area (Å²) in [5.74, 6) is -0.0275. The van der Waals surface area contributed by atoms with E-state index in [-0.39, 0.29) is 11.8 Å². The van der Waals surface area contributed by atoms with E-state index in [1.807, 2.05) is 37.3 Å². The number of benzene rings is 2. The zero-order valence-electron chi connectivity index (χ0n) is 18.2. The number of carbonyl (C=O) groups is 3. The van der Waals surface area contributed by atoms with Crippen molar-refractivity contribution in [2.24, 2.45) is 0 Å². The third kappa shape index (κ3) is 3.88. The molecule has 2 atom stereocenters. The van der Waals surface area contributed by atoms with Gasteiger partial charge in [-0.05, 0) is 62.6 Å². The number of fused-ring (bicyclic) bond motifs is 1. The van der Waals surface area contributed by atoms with Crippen molar-refractivity contribution in [3.63, 3.8) is 0 Å². The Morgan fingerprint density at radius 3 is 2.73 bits per heavy atom. The number of urea groups is 1. The molecule has 3 aromatic rings. The van der Waals surface area contributed by atoms with Crippen molar-refractivity contribution in [2.75, 3.05) is 0 Å². The average molecular weight is 444 g/mol. The summed E-state index contributed by atoms with van der Waals surface area (Å²) < 4.78 is 5.97. The van der Waals surface area contributed by atoms with Gasteiger partial charge in [0.05, 0.1) is 11.6 Å². The van der Waals surface area contributed by atoms with Gasteiger partial charge >= 0.3 is 6.03 Å². The highest BCUT2D eigenvalue weighted by atomic mass is 16.5. The van der Waals surface area contributed by atoms with Crippen LogP contribution in [0.2, 0.25) is 0 Å². The molecule has 8 nitrogen and oxygen atoms in total. The molecule has 4 amide bonds. The topological polar surface area (TPSA) is 109 Å². The fourth-order valence-corrected chi connectivity index (χ4v) is 4.75. The number of nitrogens with zero attached hydrogens (tertiary/aromatic N) is 1. The molecule has 8 heteroatoms. The minimum Gasteiger partial charge on any atom is -0.489 e. The Morgan fingerprint density at radius 2 is 1.97 bits per heavy atom. The minimum absolute atomic E-state index is 0.294. The SMILES string of the molecule is Cc1cc(COc2ccc(C(=O)NC3CCCC34NC(=O)NC4=O)cc2)c2ccccc2n1. The second-order valence-corrected chi connectivity index (χ2v) is 8.55. The standard InChI is InChI=1S/C25H24N4O4/c1-15-13-17(19-5-2-3-6-20(19)26-15)14-33-18-10-8-16(9-11-18)22(30)27-21-7-4-12-25(21)23(31)28-24(32)29-25/h2-3,5-6,8-11,13,21H,4,7,12,14H2,1H3,(H,27,30)(H2,28,29,31,32). The first kappa shape index (κ1) is 20.9. The number of rotatable bonds is 5. The van der Waals surface area contributed by atoms with Crippen LogP contribution >= 0.6 is 0 Å². The summed E-state index contributed by atoms with van der Waals surface area (Å²) in [6, 6.07) is 15.9. The molecule has 1 saturated carbocycles. The minimum atomic E-state index is -1.05. The molecule has 2 aliphatic rings. The summed E-state index contributed by atoms with van der Waals surface area (Å²) in [6.45, 7) is 2.34. The second kappa shape index (κ2) is 8.20. The number of aryl methyl sites for hydroxylation is 1. The highest BCUT2D eigenvalue weighted by Crippen LogP contribution is 2.33. The molecular weight excluding hydrogens is 420 g/mol. The van der Waals surface area contributed by atoms with Gasteiger partial charge in [-0.2, -0.15) is 0 Å². The van der Waals surface area contributed by atoms with Crippen LogP contribution in [0.4, 0.5) is 4.79 Å². The zero-order valence-corrected chi connectivity index (χ0v) is 18.2. The van der Waals surface area contributed by atoms with E-state index < -0.39 is 17.6 Å². The molecule has 5 rings (SSSR count). The summed E-state index contributed by atoms with van der Waals surface area (Å²) >= 11 is 0. The molecule has 0 bridgehead atoms. The number of aromatic nitrogens is 1. The van der Waals surface area contributed by atoms with Gasteiger partial charge in [0.15, 0.2) is 0 Å². The maximum atomic E-state index is 12.8. The predicted molar refractivity (Wildman–Crippen MR) is 122 cm³/mol. The van der Waals surface area contributed by atoms with E-state index in [9.17, 15) is 14.4 Å². The largest absolute Gasteiger partial charge is 0.489 e. The van der Waals surface area contributed by atoms with Gasteiger partial charge in [0, 0.05) is 22.2 Å². The Kier molecular flexibility index (Phi) is 5.20. The molecule has 1 spiro atoms. The van der Waals surface area contributed by atoms with Crippen LogP contribution in [-0.2, 0) is 11.4 Å². The number of amides is 4. The van der Waals surface area contributed by atoms with Crippen LogP contribution < -0.4 is 20.7 Å². The van der Waals surface area contributed by atoms with Crippen molar-refractivity contribution in [1.29, 1.82) is 0 Å². The average Bonchev–Trinajstić information content (AvgIpc) is 3.33. The van der Waals surface area contributed by atoms with E-state index in [1.165, 1.54) is 0 Å². The van der Waals surface area contributed by atoms with Crippen molar-refractivity contribution >= 4 is 28.7 Å². The number of para-hydroxylation sites is 1. The fraction of sp³-hybridized carbons (Fsp3) is 0.280. The highest BCUT2D eigenvalue weighted by molar-refractivity contribution is 6.08. The van der Waals surface area contributed by atoms with Crippen molar-refractivity contribution in [2.45, 2.75) is 44.4 Å². The maximum Gasteiger partial charge on any atom is 0.322 e. The first-order chi connectivity index (χ1) is 15.9. The van der Waals surface area contributed by atoms with Gasteiger partial charge in [-0.25, -0.2) is 4.79 Å². The van der Waals surface area contributed by atoms with E-state index in [0.29, 0.717) is 30.8 Å². The van der Waals surface area contributed by atoms with Crippen LogP contribution in [0.25, 0.3) is 10.9 Å². The number of hydrogen-bond acceptors (Lipinski definition) is 5. The van der Waals surface area contributed by atoms with Gasteiger partial charge in [-0.15, -0.1) is 0 Å². The Morgan fingerprint density at radius 1 is 1.18 bits per heavy atom. The van der Waals surface area contributed by atoms with Gasteiger partial charge in [-0.1, -0.05) is 18.2 Å². The normalized spacial score (nSPS) is 21.8. The Balaban J connectivity index is 1.25. The third-order valence-corrected chi connectivity index (χ3v) is 6.37. The summed E-state index contributed by atoms with van der Waals surface area (Å²) in [5.41, 5.74) is 2.31. The molecule has 1 aliphatic carbocycles. The lowest BCUT2D eigenvalue weighted by Gasteiger charge is -2.28. The van der Waals surface area contributed by atoms with Crippen molar-refractivity contribution in [3.05, 3.63) is 71.4 Å². The van der Waals surface area contributed by atoms with Crippen molar-refractivity contribution in [3.8, 4) is 5.75 Å². The fourth-order valence-electron chi connectivity index (χ4n) is 4.75. The summed E-state index contributed by atoms with van der Waals surface area (Å²) in [6.07, 6.45) is 1.87. The molecule has 1 saturated heterocycles. The second-order valence-electron chi connectivity index (χ2n) is 8.55. The van der Waals surface area contributed by atoms with Gasteiger partial charge in [0.2, 0.25) is 0 Å². The number of pyridine rings is 1. The molecular formula is C25H24N4O4. The molecule has 0 radical (unpaired) electrons. The van der Waals surface area contributed by atoms with E-state index in [2.05, 4.69) is 20.9 Å². The van der Waals surface area contributed by atoms with E-state index >= 15 is 0 Å². The van der Waals surface area contributed by atoms with E-state index in [1.54, 1.807) is 24.3 Å². The summed E-state index contributed by atoms with van der Waals surface area (Å²) in [4.78, 5) is 41.3. The Labute approximate surface area is 190 Å². The third-order valence-electron chi connectivity index (χ3n) is 6.37. The smallest absolute Gasteiger partial charge is 0.322 e. The first-order valence-electron chi connectivity index (χ1n) is 11.0. The van der Waals surface area contributed by atoms with Crippen LogP contribution in [0.1, 0.15) is 40.9 Å². The molecule has 168 valence electrons. The van der Waals surface area contributed by atoms with E-state index in [4.69, 9.17) is 4.74 Å². The molecule has 2 aromatic carbocycles. The lowest BCUT2D eigenvalue weighted by Crippen LogP contribution is -2.59. The molecule has 3 N–H and O–H groups in total. The number of carbonyl (C=O) groups excluding carboxylic acids is 3. The van der Waals surface area contributed by atoms with Gasteiger partial charge in [-0.3, -0.25) is 19.9 Å². The number of ether oxygens (including phenoxy) is 1. The number of imide groups is 1. The molecule has 2 heterocycles. The number of hydrogen-bond donors (Lipinski definition) is 3. The van der Waals surface area contributed by atoms with Crippen LogP contribution in [0.5, 0.6) is 5.75 Å². The van der Waals surface area contributed by atoms with Crippen LogP contribution in [0.15, 0.2) is 54.6 Å². The Bertz CT molecular complexity index is 1260. The number of nitrogens with one attached hydrogen (secondary N) is 3. The lowest BCUT2D eigenvalue weighted by molar-refractivity contribution is -0.124. The van der Waals surface area contributed by atoms with Crippen LogP contribution in [0, 0.1) is 6.92 Å².